The van der Waals surface area contributed by atoms with Crippen LogP contribution in [0.2, 0.25) is 0 Å². The molecule has 0 aliphatic carbocycles. The van der Waals surface area contributed by atoms with Crippen molar-refractivity contribution in [2.24, 2.45) is 0 Å². The molecule has 0 atom stereocenters. The van der Waals surface area contributed by atoms with Gasteiger partial charge in [-0.2, -0.15) is 0 Å². The molecule has 0 spiro atoms. The summed E-state index contributed by atoms with van der Waals surface area (Å²) in [6.45, 7) is 4.11. The molecule has 0 bridgehead atoms. The molecule has 5 nitrogen and oxygen atoms in total. The van der Waals surface area contributed by atoms with Crippen LogP contribution in [-0.2, 0) is 4.79 Å². The van der Waals surface area contributed by atoms with E-state index in [1.165, 1.54) is 0 Å². The van der Waals surface area contributed by atoms with E-state index >= 15 is 0 Å². The summed E-state index contributed by atoms with van der Waals surface area (Å²) in [5.41, 5.74) is 1.49. The maximum atomic E-state index is 13.0. The standard InChI is InChI=1S/C19H23N3O2/c1-20-10-12-21(13-11-20)15-19(24)22(16-6-3-2-4-7-16)17-8-5-9-18(23)14-17/h2-9,14,23H,10-13,15H2,1H3. The average Bonchev–Trinajstić information content (AvgIpc) is 2.58. The third-order valence-electron chi connectivity index (χ3n) is 4.31. The van der Waals surface area contributed by atoms with Gasteiger partial charge in [-0.1, -0.05) is 24.3 Å². The highest BCUT2D eigenvalue weighted by Gasteiger charge is 2.23. The first-order chi connectivity index (χ1) is 11.6. The van der Waals surface area contributed by atoms with Crippen LogP contribution in [0.3, 0.4) is 0 Å². The van der Waals surface area contributed by atoms with Crippen molar-refractivity contribution in [3.05, 3.63) is 54.6 Å². The van der Waals surface area contributed by atoms with Gasteiger partial charge in [0.2, 0.25) is 5.91 Å². The van der Waals surface area contributed by atoms with E-state index in [4.69, 9.17) is 0 Å². The van der Waals surface area contributed by atoms with Crippen molar-refractivity contribution in [3.8, 4) is 5.75 Å². The first-order valence-electron chi connectivity index (χ1n) is 8.21. The SMILES string of the molecule is CN1CCN(CC(=O)N(c2ccccc2)c2cccc(O)c2)CC1. The molecule has 126 valence electrons. The average molecular weight is 325 g/mol. The molecule has 1 aliphatic heterocycles. The maximum absolute atomic E-state index is 13.0. The van der Waals surface area contributed by atoms with E-state index in [-0.39, 0.29) is 11.7 Å². The summed E-state index contributed by atoms with van der Waals surface area (Å²) in [5, 5.41) is 9.79. The van der Waals surface area contributed by atoms with Crippen molar-refractivity contribution in [3.63, 3.8) is 0 Å². The third-order valence-corrected chi connectivity index (χ3v) is 4.31. The fourth-order valence-electron chi connectivity index (χ4n) is 2.91. The van der Waals surface area contributed by atoms with Crippen LogP contribution in [0.15, 0.2) is 54.6 Å². The number of anilines is 2. The molecule has 0 saturated carbocycles. The number of benzene rings is 2. The van der Waals surface area contributed by atoms with Crippen LogP contribution >= 0.6 is 0 Å². The predicted molar refractivity (Wildman–Crippen MR) is 95.6 cm³/mol. The summed E-state index contributed by atoms with van der Waals surface area (Å²) < 4.78 is 0. The van der Waals surface area contributed by atoms with Gasteiger partial charge in [0.25, 0.3) is 0 Å². The number of carbonyl (C=O) groups is 1. The molecule has 0 aromatic heterocycles. The van der Waals surface area contributed by atoms with Crippen molar-refractivity contribution in [1.82, 2.24) is 9.80 Å². The minimum atomic E-state index is 0.0105. The van der Waals surface area contributed by atoms with E-state index in [0.717, 1.165) is 31.9 Å². The summed E-state index contributed by atoms with van der Waals surface area (Å²) in [7, 11) is 2.10. The van der Waals surface area contributed by atoms with Crippen LogP contribution in [0.1, 0.15) is 0 Å². The Morgan fingerprint density at radius 3 is 2.33 bits per heavy atom. The first kappa shape index (κ1) is 16.5. The molecule has 1 aliphatic rings. The fraction of sp³-hybridized carbons (Fsp3) is 0.316. The minimum Gasteiger partial charge on any atom is -0.508 e. The van der Waals surface area contributed by atoms with Crippen LogP contribution in [0.25, 0.3) is 0 Å². The summed E-state index contributed by atoms with van der Waals surface area (Å²) >= 11 is 0. The van der Waals surface area contributed by atoms with E-state index in [0.29, 0.717) is 12.2 Å². The molecular weight excluding hydrogens is 302 g/mol. The summed E-state index contributed by atoms with van der Waals surface area (Å²) in [5.74, 6) is 0.164. The Labute approximate surface area is 142 Å². The molecule has 2 aromatic rings. The van der Waals surface area contributed by atoms with E-state index in [1.54, 1.807) is 23.1 Å². The van der Waals surface area contributed by atoms with Crippen LogP contribution in [0.5, 0.6) is 5.75 Å². The normalized spacial score (nSPS) is 16.0. The van der Waals surface area contributed by atoms with Gasteiger partial charge in [0, 0.05) is 37.9 Å². The van der Waals surface area contributed by atoms with Crippen LogP contribution < -0.4 is 4.90 Å². The molecule has 24 heavy (non-hydrogen) atoms. The van der Waals surface area contributed by atoms with Gasteiger partial charge < -0.3 is 10.0 Å². The zero-order valence-corrected chi connectivity index (χ0v) is 13.9. The zero-order valence-electron chi connectivity index (χ0n) is 13.9. The van der Waals surface area contributed by atoms with Gasteiger partial charge in [0.05, 0.1) is 12.2 Å². The highest BCUT2D eigenvalue weighted by molar-refractivity contribution is 6.01. The van der Waals surface area contributed by atoms with Gasteiger partial charge in [0.15, 0.2) is 0 Å². The molecule has 1 fully saturated rings. The monoisotopic (exact) mass is 325 g/mol. The topological polar surface area (TPSA) is 47.0 Å². The zero-order chi connectivity index (χ0) is 16.9. The highest BCUT2D eigenvalue weighted by atomic mass is 16.3. The van der Waals surface area contributed by atoms with Gasteiger partial charge in [-0.05, 0) is 31.3 Å². The molecule has 1 saturated heterocycles. The number of carbonyl (C=O) groups excluding carboxylic acids is 1. The number of amides is 1. The molecule has 0 unspecified atom stereocenters. The number of rotatable bonds is 4. The highest BCUT2D eigenvalue weighted by Crippen LogP contribution is 2.28. The Balaban J connectivity index is 1.83. The summed E-state index contributed by atoms with van der Waals surface area (Å²) in [6, 6.07) is 16.4. The maximum Gasteiger partial charge on any atom is 0.245 e. The molecule has 1 amide bonds. The van der Waals surface area contributed by atoms with E-state index < -0.39 is 0 Å². The number of phenols is 1. The minimum absolute atomic E-state index is 0.0105. The Bertz CT molecular complexity index is 682. The number of piperazine rings is 1. The molecule has 2 aromatic carbocycles. The van der Waals surface area contributed by atoms with Crippen molar-refractivity contribution in [1.29, 1.82) is 0 Å². The molecular formula is C19H23N3O2. The van der Waals surface area contributed by atoms with Crippen molar-refractivity contribution < 1.29 is 9.90 Å². The van der Waals surface area contributed by atoms with Gasteiger partial charge in [0.1, 0.15) is 5.75 Å². The number of aromatic hydroxyl groups is 1. The number of nitrogens with zero attached hydrogens (tertiary/aromatic N) is 3. The molecule has 3 rings (SSSR count). The smallest absolute Gasteiger partial charge is 0.245 e. The fourth-order valence-corrected chi connectivity index (χ4v) is 2.91. The third kappa shape index (κ3) is 3.93. The van der Waals surface area contributed by atoms with Crippen molar-refractivity contribution in [2.75, 3.05) is 44.7 Å². The van der Waals surface area contributed by atoms with Crippen LogP contribution in [0.4, 0.5) is 11.4 Å². The Kier molecular flexibility index (Phi) is 5.13. The van der Waals surface area contributed by atoms with E-state index in [2.05, 4.69) is 16.8 Å². The largest absolute Gasteiger partial charge is 0.508 e. The van der Waals surface area contributed by atoms with Gasteiger partial charge in [-0.15, -0.1) is 0 Å². The lowest BCUT2D eigenvalue weighted by Crippen LogP contribution is -2.48. The number of likely N-dealkylation sites (N-methyl/N-ethyl adjacent to an activating group) is 1. The Morgan fingerprint density at radius 2 is 1.67 bits per heavy atom. The molecule has 1 heterocycles. The van der Waals surface area contributed by atoms with Crippen molar-refractivity contribution >= 4 is 17.3 Å². The van der Waals surface area contributed by atoms with Crippen LogP contribution in [0, 0.1) is 0 Å². The summed E-state index contributed by atoms with van der Waals surface area (Å²) in [6.07, 6.45) is 0. The van der Waals surface area contributed by atoms with Gasteiger partial charge in [-0.3, -0.25) is 14.6 Å². The lowest BCUT2D eigenvalue weighted by atomic mass is 10.2. The molecule has 5 heteroatoms. The lowest BCUT2D eigenvalue weighted by Gasteiger charge is -2.33. The second-order valence-corrected chi connectivity index (χ2v) is 6.16. The Morgan fingerprint density at radius 1 is 1.00 bits per heavy atom. The van der Waals surface area contributed by atoms with Gasteiger partial charge >= 0.3 is 0 Å². The predicted octanol–water partition coefficient (Wildman–Crippen LogP) is 2.30. The van der Waals surface area contributed by atoms with Gasteiger partial charge in [-0.25, -0.2) is 0 Å². The molecule has 1 N–H and O–H groups in total. The summed E-state index contributed by atoms with van der Waals surface area (Å²) in [4.78, 5) is 19.1. The first-order valence-corrected chi connectivity index (χ1v) is 8.21. The Hall–Kier alpha value is -2.37. The van der Waals surface area contributed by atoms with E-state index in [9.17, 15) is 9.90 Å². The van der Waals surface area contributed by atoms with E-state index in [1.807, 2.05) is 36.4 Å². The number of para-hydroxylation sites is 1. The second-order valence-electron chi connectivity index (χ2n) is 6.16. The quantitative estimate of drug-likeness (QED) is 0.937. The van der Waals surface area contributed by atoms with Crippen LogP contribution in [-0.4, -0.2) is 60.6 Å². The van der Waals surface area contributed by atoms with Crippen molar-refractivity contribution in [2.45, 2.75) is 0 Å². The number of phenolic OH excluding ortho intramolecular Hbond substituents is 1. The number of hydrogen-bond acceptors (Lipinski definition) is 4. The lowest BCUT2D eigenvalue weighted by molar-refractivity contribution is -0.119. The number of hydrogen-bond donors (Lipinski definition) is 1. The molecule has 0 radical (unpaired) electrons. The second kappa shape index (κ2) is 7.47.